The van der Waals surface area contributed by atoms with Gasteiger partial charge in [-0.1, -0.05) is 30.0 Å². The van der Waals surface area contributed by atoms with Gasteiger partial charge in [0, 0.05) is 18.9 Å². The van der Waals surface area contributed by atoms with Crippen molar-refractivity contribution in [2.45, 2.75) is 13.1 Å². The number of aromatic nitrogens is 2. The van der Waals surface area contributed by atoms with E-state index in [4.69, 9.17) is 0 Å². The molecule has 0 unspecified atom stereocenters. The first-order chi connectivity index (χ1) is 6.38. The summed E-state index contributed by atoms with van der Waals surface area (Å²) in [6, 6.07) is 0. The number of imidazole rings is 1. The molecule has 0 aliphatic rings. The van der Waals surface area contributed by atoms with Gasteiger partial charge in [0.05, 0.1) is 0 Å². The van der Waals surface area contributed by atoms with Crippen molar-refractivity contribution in [3.8, 4) is 0 Å². The van der Waals surface area contributed by atoms with Crippen molar-refractivity contribution in [3.63, 3.8) is 0 Å². The van der Waals surface area contributed by atoms with Crippen molar-refractivity contribution >= 4 is 0 Å². The Labute approximate surface area is 76.6 Å². The third-order valence-corrected chi connectivity index (χ3v) is 1.58. The minimum Gasteiger partial charge on any atom is -0.329 e. The second-order valence-corrected chi connectivity index (χ2v) is 2.45. The van der Waals surface area contributed by atoms with E-state index in [1.807, 2.05) is 22.9 Å². The van der Waals surface area contributed by atoms with Crippen LogP contribution < -0.4 is 0 Å². The lowest BCUT2D eigenvalue weighted by Crippen LogP contribution is -1.99. The van der Waals surface area contributed by atoms with Gasteiger partial charge in [0.15, 0.2) is 0 Å². The predicted octanol–water partition coefficient (Wildman–Crippen LogP) is 1.89. The topological polar surface area (TPSA) is 47.2 Å². The van der Waals surface area contributed by atoms with Crippen LogP contribution in [0.5, 0.6) is 0 Å². The molecule has 1 rings (SSSR count). The van der Waals surface area contributed by atoms with Gasteiger partial charge in [-0.25, -0.2) is 4.98 Å². The number of nitrogens with zero attached hydrogens (tertiary/aromatic N) is 3. The van der Waals surface area contributed by atoms with Crippen molar-refractivity contribution in [3.05, 3.63) is 47.9 Å². The van der Waals surface area contributed by atoms with Crippen LogP contribution in [-0.4, -0.2) is 9.55 Å². The Bertz CT molecular complexity index is 314. The van der Waals surface area contributed by atoms with Crippen molar-refractivity contribution in [1.82, 2.24) is 9.55 Å². The molecule has 1 aromatic heterocycles. The highest BCUT2D eigenvalue weighted by molar-refractivity contribution is 5.00. The van der Waals surface area contributed by atoms with Crippen LogP contribution in [0.3, 0.4) is 0 Å². The van der Waals surface area contributed by atoms with Crippen molar-refractivity contribution in [1.29, 1.82) is 0 Å². The Balaban J connectivity index is 2.64. The SMILES string of the molecule is C=CC=CCn1ccnc1CN=O. The monoisotopic (exact) mass is 177 g/mol. The van der Waals surface area contributed by atoms with E-state index in [-0.39, 0.29) is 6.54 Å². The number of nitroso groups, excluding NO2 is 1. The van der Waals surface area contributed by atoms with Crippen LogP contribution in [-0.2, 0) is 13.1 Å². The molecule has 0 atom stereocenters. The van der Waals surface area contributed by atoms with Crippen LogP contribution in [0.2, 0.25) is 0 Å². The van der Waals surface area contributed by atoms with E-state index in [1.54, 1.807) is 12.3 Å². The van der Waals surface area contributed by atoms with Gasteiger partial charge in [0.2, 0.25) is 0 Å². The van der Waals surface area contributed by atoms with E-state index in [0.717, 1.165) is 0 Å². The zero-order chi connectivity index (χ0) is 9.52. The fourth-order valence-corrected chi connectivity index (χ4v) is 0.986. The first-order valence-electron chi connectivity index (χ1n) is 3.95. The summed E-state index contributed by atoms with van der Waals surface area (Å²) in [5, 5.41) is 2.79. The fourth-order valence-electron chi connectivity index (χ4n) is 0.986. The standard InChI is InChI=1S/C9H11N3O/c1-2-3-4-6-12-7-5-10-9(12)8-11-13/h2-5,7H,1,6,8H2. The van der Waals surface area contributed by atoms with Crippen LogP contribution in [0, 0.1) is 4.91 Å². The average Bonchev–Trinajstić information content (AvgIpc) is 2.54. The Morgan fingerprint density at radius 1 is 1.69 bits per heavy atom. The minimum atomic E-state index is 0.120. The lowest BCUT2D eigenvalue weighted by Gasteiger charge is -1.99. The van der Waals surface area contributed by atoms with Crippen LogP contribution in [0.15, 0.2) is 42.4 Å². The molecule has 1 heterocycles. The van der Waals surface area contributed by atoms with E-state index in [0.29, 0.717) is 12.4 Å². The van der Waals surface area contributed by atoms with Gasteiger partial charge in [-0.3, -0.25) is 0 Å². The normalized spacial score (nSPS) is 10.5. The second-order valence-electron chi connectivity index (χ2n) is 2.45. The summed E-state index contributed by atoms with van der Waals surface area (Å²) in [4.78, 5) is 14.0. The molecule has 13 heavy (non-hydrogen) atoms. The smallest absolute Gasteiger partial charge is 0.139 e. The van der Waals surface area contributed by atoms with E-state index < -0.39 is 0 Å². The third-order valence-electron chi connectivity index (χ3n) is 1.58. The molecular weight excluding hydrogens is 166 g/mol. The summed E-state index contributed by atoms with van der Waals surface area (Å²) in [6.45, 7) is 4.37. The van der Waals surface area contributed by atoms with Gasteiger partial charge in [-0.2, -0.15) is 4.91 Å². The number of allylic oxidation sites excluding steroid dienone is 3. The van der Waals surface area contributed by atoms with E-state index in [2.05, 4.69) is 16.7 Å². The van der Waals surface area contributed by atoms with E-state index in [9.17, 15) is 4.91 Å². The summed E-state index contributed by atoms with van der Waals surface area (Å²) in [6.07, 6.45) is 8.95. The summed E-state index contributed by atoms with van der Waals surface area (Å²) in [7, 11) is 0. The molecule has 4 heteroatoms. The quantitative estimate of drug-likeness (QED) is 0.509. The molecule has 0 N–H and O–H groups in total. The second kappa shape index (κ2) is 5.03. The average molecular weight is 177 g/mol. The molecule has 0 radical (unpaired) electrons. The summed E-state index contributed by atoms with van der Waals surface area (Å²) < 4.78 is 1.86. The van der Waals surface area contributed by atoms with Gasteiger partial charge in [-0.05, 0) is 0 Å². The molecule has 0 saturated carbocycles. The number of hydrogen-bond acceptors (Lipinski definition) is 3. The molecule has 0 saturated heterocycles. The molecule has 68 valence electrons. The van der Waals surface area contributed by atoms with Crippen LogP contribution in [0.25, 0.3) is 0 Å². The van der Waals surface area contributed by atoms with E-state index >= 15 is 0 Å². The maximum atomic E-state index is 10.0. The lowest BCUT2D eigenvalue weighted by atomic mass is 10.4. The fraction of sp³-hybridized carbons (Fsp3) is 0.222. The molecule has 0 fully saturated rings. The van der Waals surface area contributed by atoms with Gasteiger partial charge in [0.25, 0.3) is 0 Å². The van der Waals surface area contributed by atoms with Crippen LogP contribution >= 0.6 is 0 Å². The highest BCUT2D eigenvalue weighted by Gasteiger charge is 1.99. The van der Waals surface area contributed by atoms with Crippen LogP contribution in [0.4, 0.5) is 0 Å². The number of rotatable bonds is 5. The third kappa shape index (κ3) is 2.66. The zero-order valence-corrected chi connectivity index (χ0v) is 7.26. The summed E-state index contributed by atoms with van der Waals surface area (Å²) >= 11 is 0. The molecule has 0 aliphatic heterocycles. The highest BCUT2D eigenvalue weighted by Crippen LogP contribution is 1.99. The maximum absolute atomic E-state index is 10.0. The van der Waals surface area contributed by atoms with E-state index in [1.165, 1.54) is 0 Å². The Kier molecular flexibility index (Phi) is 3.63. The van der Waals surface area contributed by atoms with Gasteiger partial charge in [-0.15, -0.1) is 0 Å². The zero-order valence-electron chi connectivity index (χ0n) is 7.26. The summed E-state index contributed by atoms with van der Waals surface area (Å²) in [5.41, 5.74) is 0. The molecule has 1 aromatic rings. The van der Waals surface area contributed by atoms with Crippen molar-refractivity contribution < 1.29 is 0 Å². The molecule has 0 aliphatic carbocycles. The lowest BCUT2D eigenvalue weighted by molar-refractivity contribution is 0.737. The molecule has 0 spiro atoms. The van der Waals surface area contributed by atoms with Gasteiger partial charge in [0.1, 0.15) is 12.4 Å². The molecule has 0 bridgehead atoms. The molecular formula is C9H11N3O. The first kappa shape index (κ1) is 9.38. The molecule has 0 amide bonds. The minimum absolute atomic E-state index is 0.120. The maximum Gasteiger partial charge on any atom is 0.139 e. The Hall–Kier alpha value is -1.71. The highest BCUT2D eigenvalue weighted by atomic mass is 16.3. The van der Waals surface area contributed by atoms with Crippen molar-refractivity contribution in [2.75, 3.05) is 0 Å². The predicted molar refractivity (Wildman–Crippen MR) is 51.1 cm³/mol. The molecule has 0 aromatic carbocycles. The van der Waals surface area contributed by atoms with Gasteiger partial charge >= 0.3 is 0 Å². The number of hydrogen-bond donors (Lipinski definition) is 0. The Morgan fingerprint density at radius 3 is 3.23 bits per heavy atom. The summed E-state index contributed by atoms with van der Waals surface area (Å²) in [5.74, 6) is 0.684. The van der Waals surface area contributed by atoms with Crippen molar-refractivity contribution in [2.24, 2.45) is 5.18 Å². The largest absolute Gasteiger partial charge is 0.329 e. The van der Waals surface area contributed by atoms with Crippen LogP contribution in [0.1, 0.15) is 5.82 Å². The van der Waals surface area contributed by atoms with Gasteiger partial charge < -0.3 is 4.57 Å². The Morgan fingerprint density at radius 2 is 2.54 bits per heavy atom. The molecule has 4 nitrogen and oxygen atoms in total. The first-order valence-corrected chi connectivity index (χ1v) is 3.95.